The van der Waals surface area contributed by atoms with Crippen LogP contribution in [0.4, 0.5) is 5.69 Å². The van der Waals surface area contributed by atoms with Gasteiger partial charge in [-0.1, -0.05) is 6.92 Å². The SMILES string of the molecule is CC[C@H](C)NC(=O)c1cc2cc(N(C)S(=O)(=O)CC)ccc2s1. The van der Waals surface area contributed by atoms with E-state index < -0.39 is 10.0 Å². The summed E-state index contributed by atoms with van der Waals surface area (Å²) >= 11 is 1.41. The van der Waals surface area contributed by atoms with Crippen LogP contribution in [0.1, 0.15) is 36.9 Å². The molecule has 5 nitrogen and oxygen atoms in total. The van der Waals surface area contributed by atoms with Crippen LogP contribution in [-0.2, 0) is 10.0 Å². The molecule has 0 radical (unpaired) electrons. The molecule has 7 heteroatoms. The fourth-order valence-electron chi connectivity index (χ4n) is 2.09. The van der Waals surface area contributed by atoms with Gasteiger partial charge in [-0.2, -0.15) is 0 Å². The van der Waals surface area contributed by atoms with Crippen molar-refractivity contribution in [1.29, 1.82) is 0 Å². The molecule has 2 aromatic rings. The summed E-state index contributed by atoms with van der Waals surface area (Å²) in [6.07, 6.45) is 0.875. The van der Waals surface area contributed by atoms with Crippen molar-refractivity contribution in [2.75, 3.05) is 17.1 Å². The third-order valence-electron chi connectivity index (χ3n) is 3.86. The first-order valence-corrected chi connectivity index (χ1v) is 10.0. The average Bonchev–Trinajstić information content (AvgIpc) is 2.97. The number of sulfonamides is 1. The van der Waals surface area contributed by atoms with Gasteiger partial charge in [-0.25, -0.2) is 8.42 Å². The van der Waals surface area contributed by atoms with Gasteiger partial charge < -0.3 is 5.32 Å². The van der Waals surface area contributed by atoms with E-state index in [9.17, 15) is 13.2 Å². The number of carbonyl (C=O) groups is 1. The van der Waals surface area contributed by atoms with E-state index in [-0.39, 0.29) is 17.7 Å². The van der Waals surface area contributed by atoms with Crippen LogP contribution in [0.2, 0.25) is 0 Å². The second kappa shape index (κ2) is 6.88. The predicted molar refractivity (Wildman–Crippen MR) is 96.9 cm³/mol. The van der Waals surface area contributed by atoms with Crippen LogP contribution in [0.15, 0.2) is 24.3 Å². The van der Waals surface area contributed by atoms with Gasteiger partial charge in [-0.15, -0.1) is 11.3 Å². The quantitative estimate of drug-likeness (QED) is 0.866. The van der Waals surface area contributed by atoms with Crippen molar-refractivity contribution in [1.82, 2.24) is 5.32 Å². The number of fused-ring (bicyclic) bond motifs is 1. The zero-order valence-corrected chi connectivity index (χ0v) is 15.4. The van der Waals surface area contributed by atoms with Crippen LogP contribution >= 0.6 is 11.3 Å². The summed E-state index contributed by atoms with van der Waals surface area (Å²) in [6.45, 7) is 5.60. The normalized spacial score (nSPS) is 13.0. The van der Waals surface area contributed by atoms with Crippen LogP contribution < -0.4 is 9.62 Å². The molecule has 0 saturated heterocycles. The van der Waals surface area contributed by atoms with Crippen LogP contribution in [0.25, 0.3) is 10.1 Å². The molecule has 0 fully saturated rings. The Bertz CT molecular complexity index is 812. The van der Waals surface area contributed by atoms with Gasteiger partial charge in [0.2, 0.25) is 10.0 Å². The lowest BCUT2D eigenvalue weighted by Crippen LogP contribution is -2.31. The Labute approximate surface area is 141 Å². The number of rotatable bonds is 6. The lowest BCUT2D eigenvalue weighted by molar-refractivity contribution is 0.0943. The molecule has 1 amide bonds. The Morgan fingerprint density at radius 2 is 2.00 bits per heavy atom. The smallest absolute Gasteiger partial charge is 0.261 e. The van der Waals surface area contributed by atoms with E-state index in [1.165, 1.54) is 15.6 Å². The number of nitrogens with zero attached hydrogens (tertiary/aromatic N) is 1. The number of benzene rings is 1. The molecule has 1 N–H and O–H groups in total. The highest BCUT2D eigenvalue weighted by molar-refractivity contribution is 7.92. The van der Waals surface area contributed by atoms with Gasteiger partial charge in [-0.3, -0.25) is 9.10 Å². The number of hydrogen-bond donors (Lipinski definition) is 1. The molecule has 126 valence electrons. The fourth-order valence-corrected chi connectivity index (χ4v) is 3.86. The molecule has 1 atom stereocenters. The lowest BCUT2D eigenvalue weighted by Gasteiger charge is -2.18. The van der Waals surface area contributed by atoms with E-state index in [2.05, 4.69) is 5.32 Å². The number of amides is 1. The minimum absolute atomic E-state index is 0.0493. The molecule has 1 aromatic carbocycles. The number of hydrogen-bond acceptors (Lipinski definition) is 4. The lowest BCUT2D eigenvalue weighted by atomic mass is 10.2. The molecular formula is C16H22N2O3S2. The highest BCUT2D eigenvalue weighted by atomic mass is 32.2. The summed E-state index contributed by atoms with van der Waals surface area (Å²) in [7, 11) is -1.75. The summed E-state index contributed by atoms with van der Waals surface area (Å²) in [5.74, 6) is -0.0371. The second-order valence-electron chi connectivity index (χ2n) is 5.48. The molecule has 0 aliphatic carbocycles. The van der Waals surface area contributed by atoms with Crippen LogP contribution in [0, 0.1) is 0 Å². The minimum atomic E-state index is -3.29. The first kappa shape index (κ1) is 17.7. The molecule has 0 spiro atoms. The van der Waals surface area contributed by atoms with Crippen molar-refractivity contribution in [2.24, 2.45) is 0 Å². The van der Waals surface area contributed by atoms with E-state index in [0.717, 1.165) is 16.5 Å². The van der Waals surface area contributed by atoms with Crippen LogP contribution in [0.3, 0.4) is 0 Å². The number of nitrogens with one attached hydrogen (secondary N) is 1. The van der Waals surface area contributed by atoms with Gasteiger partial charge in [0.05, 0.1) is 16.3 Å². The Morgan fingerprint density at radius 3 is 2.61 bits per heavy atom. The molecule has 0 unspecified atom stereocenters. The van der Waals surface area contributed by atoms with Gasteiger partial charge >= 0.3 is 0 Å². The van der Waals surface area contributed by atoms with Crippen molar-refractivity contribution in [3.63, 3.8) is 0 Å². The summed E-state index contributed by atoms with van der Waals surface area (Å²) in [5, 5.41) is 3.82. The largest absolute Gasteiger partial charge is 0.349 e. The number of anilines is 1. The van der Waals surface area contributed by atoms with Crippen molar-refractivity contribution in [3.8, 4) is 0 Å². The molecule has 2 rings (SSSR count). The van der Waals surface area contributed by atoms with E-state index in [4.69, 9.17) is 0 Å². The molecular weight excluding hydrogens is 332 g/mol. The van der Waals surface area contributed by atoms with Crippen molar-refractivity contribution < 1.29 is 13.2 Å². The molecule has 23 heavy (non-hydrogen) atoms. The van der Waals surface area contributed by atoms with E-state index >= 15 is 0 Å². The molecule has 0 saturated carbocycles. The van der Waals surface area contributed by atoms with Gasteiger partial charge in [-0.05, 0) is 49.9 Å². The van der Waals surface area contributed by atoms with Gasteiger partial charge in [0.1, 0.15) is 0 Å². The first-order valence-electron chi connectivity index (χ1n) is 7.59. The minimum Gasteiger partial charge on any atom is -0.349 e. The third kappa shape index (κ3) is 3.84. The highest BCUT2D eigenvalue weighted by Gasteiger charge is 2.17. The van der Waals surface area contributed by atoms with E-state index in [1.807, 2.05) is 26.0 Å². The van der Waals surface area contributed by atoms with Gasteiger partial charge in [0.25, 0.3) is 5.91 Å². The molecule has 0 bridgehead atoms. The number of carbonyl (C=O) groups excluding carboxylic acids is 1. The summed E-state index contributed by atoms with van der Waals surface area (Å²) < 4.78 is 26.2. The molecule has 0 aliphatic heterocycles. The zero-order valence-electron chi connectivity index (χ0n) is 13.8. The summed E-state index contributed by atoms with van der Waals surface area (Å²) in [4.78, 5) is 12.8. The maximum atomic E-state index is 12.2. The average molecular weight is 354 g/mol. The van der Waals surface area contributed by atoms with Crippen molar-refractivity contribution in [2.45, 2.75) is 33.2 Å². The maximum absolute atomic E-state index is 12.2. The third-order valence-corrected chi connectivity index (χ3v) is 6.75. The molecule has 1 aromatic heterocycles. The van der Waals surface area contributed by atoms with E-state index in [1.54, 1.807) is 26.1 Å². The highest BCUT2D eigenvalue weighted by Crippen LogP contribution is 2.30. The standard InChI is InChI=1S/C16H22N2O3S2/c1-5-11(3)17-16(19)15-10-12-9-13(7-8-14(12)22-15)18(4)23(20,21)6-2/h7-11H,5-6H2,1-4H3,(H,17,19)/t11-/m0/s1. The van der Waals surface area contributed by atoms with Crippen LogP contribution in [-0.4, -0.2) is 33.2 Å². The Kier molecular flexibility index (Phi) is 5.31. The molecule has 1 heterocycles. The number of thiophene rings is 1. The summed E-state index contributed by atoms with van der Waals surface area (Å²) in [5.41, 5.74) is 0.603. The molecule has 0 aliphatic rings. The van der Waals surface area contributed by atoms with Crippen molar-refractivity contribution >= 4 is 43.0 Å². The Hall–Kier alpha value is -1.60. The van der Waals surface area contributed by atoms with E-state index in [0.29, 0.717) is 10.6 Å². The first-order chi connectivity index (χ1) is 10.8. The topological polar surface area (TPSA) is 66.5 Å². The van der Waals surface area contributed by atoms with Gasteiger partial charge in [0.15, 0.2) is 0 Å². The van der Waals surface area contributed by atoms with Gasteiger partial charge in [0, 0.05) is 17.8 Å². The monoisotopic (exact) mass is 354 g/mol. The second-order valence-corrected chi connectivity index (χ2v) is 8.86. The van der Waals surface area contributed by atoms with Crippen LogP contribution in [0.5, 0.6) is 0 Å². The Morgan fingerprint density at radius 1 is 1.30 bits per heavy atom. The Balaban J connectivity index is 2.33. The fraction of sp³-hybridized carbons (Fsp3) is 0.438. The predicted octanol–water partition coefficient (Wildman–Crippen LogP) is 3.22. The van der Waals surface area contributed by atoms with Crippen molar-refractivity contribution in [3.05, 3.63) is 29.1 Å². The zero-order chi connectivity index (χ0) is 17.2. The maximum Gasteiger partial charge on any atom is 0.261 e. The summed E-state index contributed by atoms with van der Waals surface area (Å²) in [6, 6.07) is 7.37.